The van der Waals surface area contributed by atoms with E-state index in [-0.39, 0.29) is 22.1 Å². The molecule has 0 saturated carbocycles. The zero-order chi connectivity index (χ0) is 21.3. The minimum Gasteiger partial charge on any atom is -0.293 e. The van der Waals surface area contributed by atoms with Gasteiger partial charge in [0.15, 0.2) is 10.9 Å². The van der Waals surface area contributed by atoms with E-state index < -0.39 is 0 Å². The van der Waals surface area contributed by atoms with Crippen molar-refractivity contribution in [3.8, 4) is 5.69 Å². The summed E-state index contributed by atoms with van der Waals surface area (Å²) in [5, 5.41) is 1.35. The van der Waals surface area contributed by atoms with Gasteiger partial charge in [-0.2, -0.15) is 0 Å². The van der Waals surface area contributed by atoms with Crippen molar-refractivity contribution in [1.29, 1.82) is 0 Å². The Balaban J connectivity index is 1.80. The highest BCUT2D eigenvalue weighted by molar-refractivity contribution is 9.10. The first kappa shape index (κ1) is 21.1. The van der Waals surface area contributed by atoms with Crippen LogP contribution in [0.2, 0.25) is 10.0 Å². The predicted octanol–water partition coefficient (Wildman–Crippen LogP) is 6.43. The number of ketones is 1. The molecule has 0 saturated heterocycles. The second-order valence-electron chi connectivity index (χ2n) is 6.37. The van der Waals surface area contributed by atoms with Crippen molar-refractivity contribution < 1.29 is 4.79 Å². The van der Waals surface area contributed by atoms with Gasteiger partial charge in [-0.25, -0.2) is 4.98 Å². The van der Waals surface area contributed by atoms with Crippen LogP contribution in [0, 0.1) is 0 Å². The summed E-state index contributed by atoms with van der Waals surface area (Å²) in [6, 6.07) is 19.4. The molecule has 4 nitrogen and oxygen atoms in total. The zero-order valence-corrected chi connectivity index (χ0v) is 19.2. The molecule has 150 valence electrons. The summed E-state index contributed by atoms with van der Waals surface area (Å²) in [5.41, 5.74) is 1.29. The summed E-state index contributed by atoms with van der Waals surface area (Å²) in [7, 11) is 0. The van der Waals surface area contributed by atoms with E-state index in [9.17, 15) is 9.59 Å². The van der Waals surface area contributed by atoms with Gasteiger partial charge >= 0.3 is 0 Å². The molecule has 0 bridgehead atoms. The molecule has 0 fully saturated rings. The fourth-order valence-corrected chi connectivity index (χ4v) is 4.65. The van der Waals surface area contributed by atoms with Crippen LogP contribution in [-0.4, -0.2) is 21.1 Å². The maximum Gasteiger partial charge on any atom is 0.266 e. The standard InChI is InChI=1S/C22H13BrCl2N2O2S/c23-14-8-6-13(7-9-14)19(28)12-30-22-26-20-17(10-15(24)11-18(20)25)21(29)27(22)16-4-2-1-3-5-16/h1-11H,12H2. The van der Waals surface area contributed by atoms with Gasteiger partial charge in [-0.15, -0.1) is 0 Å². The summed E-state index contributed by atoms with van der Waals surface area (Å²) < 4.78 is 2.38. The second kappa shape index (κ2) is 8.94. The largest absolute Gasteiger partial charge is 0.293 e. The molecule has 1 aromatic heterocycles. The number of nitrogens with zero attached hydrogens (tertiary/aromatic N) is 2. The average molecular weight is 520 g/mol. The Morgan fingerprint density at radius 3 is 2.43 bits per heavy atom. The van der Waals surface area contributed by atoms with E-state index in [0.29, 0.717) is 32.3 Å². The molecule has 3 aromatic carbocycles. The molecule has 0 N–H and O–H groups in total. The minimum absolute atomic E-state index is 0.0661. The highest BCUT2D eigenvalue weighted by Gasteiger charge is 2.17. The summed E-state index contributed by atoms with van der Waals surface area (Å²) in [6.45, 7) is 0. The van der Waals surface area contributed by atoms with Crippen LogP contribution < -0.4 is 5.56 Å². The Kier molecular flexibility index (Phi) is 6.29. The lowest BCUT2D eigenvalue weighted by Gasteiger charge is -2.14. The first-order valence-corrected chi connectivity index (χ1v) is 11.4. The number of para-hydroxylation sites is 1. The molecule has 30 heavy (non-hydrogen) atoms. The molecule has 0 aliphatic heterocycles. The third kappa shape index (κ3) is 4.32. The van der Waals surface area contributed by atoms with Crippen LogP contribution in [-0.2, 0) is 0 Å². The van der Waals surface area contributed by atoms with Crippen LogP contribution >= 0.6 is 50.9 Å². The SMILES string of the molecule is O=C(CSc1nc2c(Cl)cc(Cl)cc2c(=O)n1-c1ccccc1)c1ccc(Br)cc1. The molecule has 0 aliphatic rings. The van der Waals surface area contributed by atoms with Crippen LogP contribution in [0.25, 0.3) is 16.6 Å². The van der Waals surface area contributed by atoms with Crippen LogP contribution in [0.4, 0.5) is 0 Å². The van der Waals surface area contributed by atoms with E-state index in [4.69, 9.17) is 23.2 Å². The van der Waals surface area contributed by atoms with Crippen molar-refractivity contribution >= 4 is 67.6 Å². The van der Waals surface area contributed by atoms with E-state index in [1.54, 1.807) is 24.3 Å². The molecular weight excluding hydrogens is 507 g/mol. The van der Waals surface area contributed by atoms with Crippen molar-refractivity contribution in [2.24, 2.45) is 0 Å². The lowest BCUT2D eigenvalue weighted by atomic mass is 10.2. The topological polar surface area (TPSA) is 52.0 Å². The van der Waals surface area contributed by atoms with Gasteiger partial charge in [0.2, 0.25) is 0 Å². The quantitative estimate of drug-likeness (QED) is 0.173. The summed E-state index contributed by atoms with van der Waals surface area (Å²) >= 11 is 17.0. The normalized spacial score (nSPS) is 11.0. The van der Waals surface area contributed by atoms with Crippen molar-refractivity contribution in [2.75, 3.05) is 5.75 Å². The molecule has 4 aromatic rings. The number of hydrogen-bond donors (Lipinski definition) is 0. The number of halogens is 3. The Bertz CT molecular complexity index is 1310. The van der Waals surface area contributed by atoms with Gasteiger partial charge in [0.25, 0.3) is 5.56 Å². The number of benzene rings is 3. The lowest BCUT2D eigenvalue weighted by molar-refractivity contribution is 0.102. The van der Waals surface area contributed by atoms with Gasteiger partial charge < -0.3 is 0 Å². The molecule has 1 heterocycles. The second-order valence-corrected chi connectivity index (χ2v) is 9.07. The van der Waals surface area contributed by atoms with Gasteiger partial charge in [-0.1, -0.05) is 81.2 Å². The smallest absolute Gasteiger partial charge is 0.266 e. The number of Topliss-reactive ketones (excluding diaryl/α,β-unsaturated/α-hetero) is 1. The van der Waals surface area contributed by atoms with Crippen LogP contribution in [0.3, 0.4) is 0 Å². The fraction of sp³-hybridized carbons (Fsp3) is 0.0455. The Hall–Kier alpha value is -2.12. The predicted molar refractivity (Wildman–Crippen MR) is 127 cm³/mol. The van der Waals surface area contributed by atoms with Gasteiger partial charge in [-0.3, -0.25) is 14.2 Å². The van der Waals surface area contributed by atoms with E-state index >= 15 is 0 Å². The minimum atomic E-state index is -0.297. The van der Waals surface area contributed by atoms with Crippen molar-refractivity contribution in [1.82, 2.24) is 9.55 Å². The molecule has 0 atom stereocenters. The highest BCUT2D eigenvalue weighted by Crippen LogP contribution is 2.28. The number of hydrogen-bond acceptors (Lipinski definition) is 4. The molecule has 8 heteroatoms. The lowest BCUT2D eigenvalue weighted by Crippen LogP contribution is -2.22. The first-order chi connectivity index (χ1) is 14.4. The van der Waals surface area contributed by atoms with E-state index in [1.165, 1.54) is 16.3 Å². The van der Waals surface area contributed by atoms with Crippen LogP contribution in [0.15, 0.2) is 81.2 Å². The average Bonchev–Trinajstić information content (AvgIpc) is 2.74. The molecular formula is C22H13BrCl2N2O2S. The van der Waals surface area contributed by atoms with E-state index in [2.05, 4.69) is 20.9 Å². The maximum absolute atomic E-state index is 13.3. The van der Waals surface area contributed by atoms with Crippen molar-refractivity contribution in [3.63, 3.8) is 0 Å². The third-order valence-corrected chi connectivity index (χ3v) is 6.35. The summed E-state index contributed by atoms with van der Waals surface area (Å²) in [6.07, 6.45) is 0. The summed E-state index contributed by atoms with van der Waals surface area (Å²) in [4.78, 5) is 30.6. The van der Waals surface area contributed by atoms with Gasteiger partial charge in [0, 0.05) is 15.1 Å². The Morgan fingerprint density at radius 1 is 1.03 bits per heavy atom. The Labute approximate surface area is 195 Å². The molecule has 0 amide bonds. The monoisotopic (exact) mass is 518 g/mol. The van der Waals surface area contributed by atoms with Crippen LogP contribution in [0.1, 0.15) is 10.4 Å². The summed E-state index contributed by atoms with van der Waals surface area (Å²) in [5.74, 6) is 0.0566. The maximum atomic E-state index is 13.3. The van der Waals surface area contributed by atoms with E-state index in [1.807, 2.05) is 42.5 Å². The first-order valence-electron chi connectivity index (χ1n) is 8.83. The van der Waals surface area contributed by atoms with Crippen LogP contribution in [0.5, 0.6) is 0 Å². The van der Waals surface area contributed by atoms with E-state index in [0.717, 1.165) is 4.47 Å². The molecule has 0 aliphatic carbocycles. The zero-order valence-electron chi connectivity index (χ0n) is 15.3. The number of thioether (sulfide) groups is 1. The number of fused-ring (bicyclic) bond motifs is 1. The molecule has 0 unspecified atom stereocenters. The van der Waals surface area contributed by atoms with Crippen molar-refractivity contribution in [2.45, 2.75) is 5.16 Å². The Morgan fingerprint density at radius 2 is 1.73 bits per heavy atom. The van der Waals surface area contributed by atoms with Gasteiger partial charge in [0.1, 0.15) is 0 Å². The third-order valence-electron chi connectivity index (χ3n) is 4.37. The molecule has 0 spiro atoms. The highest BCUT2D eigenvalue weighted by atomic mass is 79.9. The van der Waals surface area contributed by atoms with Gasteiger partial charge in [-0.05, 0) is 36.4 Å². The number of rotatable bonds is 5. The van der Waals surface area contributed by atoms with Gasteiger partial charge in [0.05, 0.1) is 27.4 Å². The number of carbonyl (C=O) groups is 1. The van der Waals surface area contributed by atoms with Crippen molar-refractivity contribution in [3.05, 3.63) is 97.2 Å². The molecule has 0 radical (unpaired) electrons. The molecule has 4 rings (SSSR count). The number of carbonyl (C=O) groups excluding carboxylic acids is 1. The number of aromatic nitrogens is 2. The fourth-order valence-electron chi connectivity index (χ4n) is 2.95.